The van der Waals surface area contributed by atoms with Gasteiger partial charge >= 0.3 is 5.97 Å². The molecule has 108 valence electrons. The Morgan fingerprint density at radius 2 is 2.10 bits per heavy atom. The van der Waals surface area contributed by atoms with Crippen LogP contribution in [0.15, 0.2) is 23.3 Å². The number of esters is 1. The molecule has 1 aliphatic heterocycles. The lowest BCUT2D eigenvalue weighted by Gasteiger charge is -2.30. The highest BCUT2D eigenvalue weighted by Crippen LogP contribution is 2.19. The van der Waals surface area contributed by atoms with Crippen molar-refractivity contribution in [2.45, 2.75) is 19.8 Å². The first kappa shape index (κ1) is 14.3. The molecule has 1 aromatic rings. The van der Waals surface area contributed by atoms with Crippen molar-refractivity contribution in [1.82, 2.24) is 9.88 Å². The van der Waals surface area contributed by atoms with Gasteiger partial charge in [0.05, 0.1) is 12.5 Å². The normalized spacial score (nSPS) is 15.9. The Morgan fingerprint density at radius 3 is 2.70 bits per heavy atom. The van der Waals surface area contributed by atoms with Gasteiger partial charge in [0.15, 0.2) is 5.43 Å². The SMILES string of the molecule is CCOC(=O)C1CCN(C(=O)c2c[nH]ccc2=O)CC1. The summed E-state index contributed by atoms with van der Waals surface area (Å²) >= 11 is 0. The molecule has 0 unspecified atom stereocenters. The largest absolute Gasteiger partial charge is 0.466 e. The number of likely N-dealkylation sites (tertiary alicyclic amines) is 1. The number of rotatable bonds is 3. The molecule has 0 spiro atoms. The average molecular weight is 278 g/mol. The molecule has 2 rings (SSSR count). The number of ether oxygens (including phenoxy) is 1. The third-order valence-electron chi connectivity index (χ3n) is 3.46. The standard InChI is InChI=1S/C14H18N2O4/c1-2-20-14(19)10-4-7-16(8-5-10)13(18)11-9-15-6-3-12(11)17/h3,6,9-10H,2,4-5,7-8H2,1H3,(H,15,17). The number of amides is 1. The van der Waals surface area contributed by atoms with Gasteiger partial charge in [0.25, 0.3) is 5.91 Å². The maximum absolute atomic E-state index is 12.2. The Balaban J connectivity index is 1.97. The van der Waals surface area contributed by atoms with Crippen LogP contribution in [0, 0.1) is 5.92 Å². The lowest BCUT2D eigenvalue weighted by Crippen LogP contribution is -2.42. The minimum Gasteiger partial charge on any atom is -0.466 e. The Labute approximate surface area is 116 Å². The molecule has 2 heterocycles. The number of piperidine rings is 1. The monoisotopic (exact) mass is 278 g/mol. The molecule has 0 aliphatic carbocycles. The van der Waals surface area contributed by atoms with Gasteiger partial charge in [0, 0.05) is 31.5 Å². The van der Waals surface area contributed by atoms with Gasteiger partial charge in [-0.2, -0.15) is 0 Å². The minimum atomic E-state index is -0.290. The van der Waals surface area contributed by atoms with Crippen LogP contribution in [-0.4, -0.2) is 41.5 Å². The number of aromatic amines is 1. The van der Waals surface area contributed by atoms with E-state index in [0.29, 0.717) is 32.5 Å². The molecular weight excluding hydrogens is 260 g/mol. The van der Waals surface area contributed by atoms with Gasteiger partial charge in [-0.15, -0.1) is 0 Å². The van der Waals surface area contributed by atoms with Crippen molar-refractivity contribution in [2.24, 2.45) is 5.92 Å². The first-order chi connectivity index (χ1) is 9.63. The van der Waals surface area contributed by atoms with Gasteiger partial charge in [-0.1, -0.05) is 0 Å². The summed E-state index contributed by atoms with van der Waals surface area (Å²) in [5, 5.41) is 0. The van der Waals surface area contributed by atoms with E-state index in [9.17, 15) is 14.4 Å². The number of nitrogens with one attached hydrogen (secondary N) is 1. The summed E-state index contributed by atoms with van der Waals surface area (Å²) < 4.78 is 4.98. The number of aromatic nitrogens is 1. The van der Waals surface area contributed by atoms with Gasteiger partial charge in [0.1, 0.15) is 5.56 Å². The molecule has 1 aromatic heterocycles. The molecule has 0 radical (unpaired) electrons. The number of pyridine rings is 1. The molecule has 1 fully saturated rings. The van der Waals surface area contributed by atoms with Crippen LogP contribution in [0.2, 0.25) is 0 Å². The lowest BCUT2D eigenvalue weighted by molar-refractivity contribution is -0.149. The summed E-state index contributed by atoms with van der Waals surface area (Å²) in [6, 6.07) is 1.33. The van der Waals surface area contributed by atoms with E-state index in [0.717, 1.165) is 0 Å². The molecule has 1 amide bonds. The Kier molecular flexibility index (Phi) is 4.55. The van der Waals surface area contributed by atoms with E-state index in [1.54, 1.807) is 11.8 Å². The van der Waals surface area contributed by atoms with E-state index in [4.69, 9.17) is 4.74 Å². The van der Waals surface area contributed by atoms with Crippen LogP contribution < -0.4 is 5.43 Å². The average Bonchev–Trinajstić information content (AvgIpc) is 2.47. The summed E-state index contributed by atoms with van der Waals surface area (Å²) in [4.78, 5) is 39.8. The number of carbonyl (C=O) groups is 2. The first-order valence-corrected chi connectivity index (χ1v) is 6.76. The summed E-state index contributed by atoms with van der Waals surface area (Å²) in [7, 11) is 0. The summed E-state index contributed by atoms with van der Waals surface area (Å²) in [5.74, 6) is -0.626. The van der Waals surface area contributed by atoms with Crippen LogP contribution in [0.3, 0.4) is 0 Å². The molecule has 20 heavy (non-hydrogen) atoms. The quantitative estimate of drug-likeness (QED) is 0.829. The molecule has 1 aliphatic rings. The molecule has 0 aromatic carbocycles. The Bertz CT molecular complexity index is 544. The molecular formula is C14H18N2O4. The van der Waals surface area contributed by atoms with E-state index in [2.05, 4.69) is 4.98 Å². The number of H-pyrrole nitrogens is 1. The number of hydrogen-bond acceptors (Lipinski definition) is 4. The van der Waals surface area contributed by atoms with E-state index in [1.807, 2.05) is 0 Å². The predicted octanol–water partition coefficient (Wildman–Crippen LogP) is 0.790. The van der Waals surface area contributed by atoms with Crippen molar-refractivity contribution in [1.29, 1.82) is 0 Å². The fourth-order valence-corrected chi connectivity index (χ4v) is 2.33. The zero-order valence-electron chi connectivity index (χ0n) is 11.4. The second-order valence-corrected chi connectivity index (χ2v) is 4.74. The molecule has 0 saturated carbocycles. The second-order valence-electron chi connectivity index (χ2n) is 4.74. The van der Waals surface area contributed by atoms with Crippen molar-refractivity contribution in [2.75, 3.05) is 19.7 Å². The highest BCUT2D eigenvalue weighted by Gasteiger charge is 2.29. The van der Waals surface area contributed by atoms with Crippen LogP contribution in [-0.2, 0) is 9.53 Å². The summed E-state index contributed by atoms with van der Waals surface area (Å²) in [6.07, 6.45) is 4.07. The number of hydrogen-bond donors (Lipinski definition) is 1. The Morgan fingerprint density at radius 1 is 1.40 bits per heavy atom. The molecule has 1 N–H and O–H groups in total. The molecule has 0 bridgehead atoms. The third-order valence-corrected chi connectivity index (χ3v) is 3.46. The Hall–Kier alpha value is -2.11. The first-order valence-electron chi connectivity index (χ1n) is 6.76. The lowest BCUT2D eigenvalue weighted by atomic mass is 9.96. The molecule has 0 atom stereocenters. The van der Waals surface area contributed by atoms with E-state index < -0.39 is 0 Å². The highest BCUT2D eigenvalue weighted by atomic mass is 16.5. The number of nitrogens with zero attached hydrogens (tertiary/aromatic N) is 1. The van der Waals surface area contributed by atoms with E-state index in [1.165, 1.54) is 18.5 Å². The van der Waals surface area contributed by atoms with Crippen molar-refractivity contribution in [3.05, 3.63) is 34.2 Å². The van der Waals surface area contributed by atoms with Crippen LogP contribution in [0.5, 0.6) is 0 Å². The maximum Gasteiger partial charge on any atom is 0.309 e. The second kappa shape index (κ2) is 6.36. The predicted molar refractivity (Wildman–Crippen MR) is 72.3 cm³/mol. The van der Waals surface area contributed by atoms with Gasteiger partial charge in [-0.25, -0.2) is 0 Å². The maximum atomic E-state index is 12.2. The summed E-state index contributed by atoms with van der Waals surface area (Å²) in [5.41, 5.74) is -0.150. The van der Waals surface area contributed by atoms with Crippen molar-refractivity contribution >= 4 is 11.9 Å². The third kappa shape index (κ3) is 3.07. The zero-order valence-corrected chi connectivity index (χ0v) is 11.4. The van der Waals surface area contributed by atoms with Crippen molar-refractivity contribution in [3.8, 4) is 0 Å². The van der Waals surface area contributed by atoms with Crippen LogP contribution >= 0.6 is 0 Å². The smallest absolute Gasteiger partial charge is 0.309 e. The van der Waals surface area contributed by atoms with Crippen LogP contribution in [0.25, 0.3) is 0 Å². The zero-order chi connectivity index (χ0) is 14.5. The van der Waals surface area contributed by atoms with Gasteiger partial charge < -0.3 is 14.6 Å². The van der Waals surface area contributed by atoms with Crippen LogP contribution in [0.4, 0.5) is 0 Å². The number of carbonyl (C=O) groups excluding carboxylic acids is 2. The van der Waals surface area contributed by atoms with Gasteiger partial charge in [-0.05, 0) is 19.8 Å². The van der Waals surface area contributed by atoms with E-state index >= 15 is 0 Å². The fraction of sp³-hybridized carbons (Fsp3) is 0.500. The molecule has 6 heteroatoms. The van der Waals surface area contributed by atoms with Gasteiger partial charge in [0.2, 0.25) is 0 Å². The van der Waals surface area contributed by atoms with Crippen LogP contribution in [0.1, 0.15) is 30.1 Å². The fourth-order valence-electron chi connectivity index (χ4n) is 2.33. The highest BCUT2D eigenvalue weighted by molar-refractivity contribution is 5.93. The molecule has 1 saturated heterocycles. The van der Waals surface area contributed by atoms with Crippen molar-refractivity contribution in [3.63, 3.8) is 0 Å². The van der Waals surface area contributed by atoms with Gasteiger partial charge in [-0.3, -0.25) is 14.4 Å². The molecule has 6 nitrogen and oxygen atoms in total. The minimum absolute atomic E-state index is 0.141. The summed E-state index contributed by atoms with van der Waals surface area (Å²) in [6.45, 7) is 3.09. The van der Waals surface area contributed by atoms with Crippen molar-refractivity contribution < 1.29 is 14.3 Å². The van der Waals surface area contributed by atoms with E-state index in [-0.39, 0.29) is 28.8 Å². The topological polar surface area (TPSA) is 79.5 Å².